The first kappa shape index (κ1) is 6.09. The number of nitrogens with two attached hydrogens (primary N) is 1. The summed E-state index contributed by atoms with van der Waals surface area (Å²) >= 11 is 0. The van der Waals surface area contributed by atoms with Gasteiger partial charge in [-0.3, -0.25) is 0 Å². The molecule has 0 aliphatic heterocycles. The molecule has 1 nitrogen and oxygen atoms in total. The number of hydrogen-bond donors (Lipinski definition) is 1. The molecule has 2 atom stereocenters. The van der Waals surface area contributed by atoms with E-state index in [9.17, 15) is 0 Å². The molecule has 0 saturated heterocycles. The van der Waals surface area contributed by atoms with Gasteiger partial charge in [0, 0.05) is 6.04 Å². The molecule has 8 heavy (non-hydrogen) atoms. The van der Waals surface area contributed by atoms with Crippen molar-refractivity contribution in [1.29, 1.82) is 0 Å². The Kier molecular flexibility index (Phi) is 1.57. The average Bonchev–Trinajstić information content (AvgIpc) is 2.17. The maximum Gasteiger partial charge on any atom is 0.00710 e. The van der Waals surface area contributed by atoms with Gasteiger partial charge in [0.2, 0.25) is 0 Å². The van der Waals surface area contributed by atoms with Crippen LogP contribution in [0.15, 0.2) is 0 Å². The molecule has 0 amide bonds. The van der Waals surface area contributed by atoms with Crippen LogP contribution in [0, 0.1) is 11.8 Å². The van der Waals surface area contributed by atoms with Crippen molar-refractivity contribution < 1.29 is 0 Å². The lowest BCUT2D eigenvalue weighted by Crippen LogP contribution is -2.03. The van der Waals surface area contributed by atoms with Crippen molar-refractivity contribution >= 4 is 0 Å². The Morgan fingerprint density at radius 2 is 2.12 bits per heavy atom. The summed E-state index contributed by atoms with van der Waals surface area (Å²) < 4.78 is 0. The van der Waals surface area contributed by atoms with Crippen LogP contribution in [0.1, 0.15) is 26.7 Å². The minimum atomic E-state index is 0.553. The monoisotopic (exact) mass is 113 g/mol. The van der Waals surface area contributed by atoms with Gasteiger partial charge in [0.15, 0.2) is 0 Å². The molecule has 1 aliphatic carbocycles. The molecule has 1 fully saturated rings. The lowest BCUT2D eigenvalue weighted by molar-refractivity contribution is 0.531. The highest BCUT2D eigenvalue weighted by Gasteiger charge is 2.33. The Labute approximate surface area is 51.3 Å². The van der Waals surface area contributed by atoms with Gasteiger partial charge in [0.1, 0.15) is 0 Å². The molecule has 1 heteroatoms. The van der Waals surface area contributed by atoms with E-state index < -0.39 is 0 Å². The fraction of sp³-hybridized carbons (Fsp3) is 1.00. The summed E-state index contributed by atoms with van der Waals surface area (Å²) in [6, 6.07) is 0.553. The Bertz CT molecular complexity index is 78.5. The van der Waals surface area contributed by atoms with Crippen LogP contribution in [0.3, 0.4) is 0 Å². The fourth-order valence-corrected chi connectivity index (χ4v) is 1.15. The lowest BCUT2D eigenvalue weighted by Gasteiger charge is -1.99. The highest BCUT2D eigenvalue weighted by molar-refractivity contribution is 4.89. The fourth-order valence-electron chi connectivity index (χ4n) is 1.15. The maximum atomic E-state index is 5.61. The van der Waals surface area contributed by atoms with Crippen molar-refractivity contribution in [3.8, 4) is 0 Å². The third kappa shape index (κ3) is 1.48. The van der Waals surface area contributed by atoms with E-state index in [4.69, 9.17) is 5.73 Å². The van der Waals surface area contributed by atoms with Gasteiger partial charge in [-0.05, 0) is 24.7 Å². The van der Waals surface area contributed by atoms with Crippen LogP contribution in [-0.2, 0) is 0 Å². The van der Waals surface area contributed by atoms with Gasteiger partial charge >= 0.3 is 0 Å². The van der Waals surface area contributed by atoms with E-state index in [-0.39, 0.29) is 0 Å². The SMILES string of the molecule is CC(C)CC1CC1N. The first-order chi connectivity index (χ1) is 3.70. The number of hydrogen-bond acceptors (Lipinski definition) is 1. The van der Waals surface area contributed by atoms with Crippen LogP contribution >= 0.6 is 0 Å². The summed E-state index contributed by atoms with van der Waals surface area (Å²) in [6.45, 7) is 4.51. The van der Waals surface area contributed by atoms with E-state index in [1.807, 2.05) is 0 Å². The molecule has 2 unspecified atom stereocenters. The smallest absolute Gasteiger partial charge is 0.00710 e. The van der Waals surface area contributed by atoms with E-state index in [1.165, 1.54) is 12.8 Å². The maximum absolute atomic E-state index is 5.61. The predicted molar refractivity (Wildman–Crippen MR) is 35.5 cm³/mol. The molecule has 1 rings (SSSR count). The molecular formula is C7H15N. The van der Waals surface area contributed by atoms with Crippen molar-refractivity contribution in [2.45, 2.75) is 32.7 Å². The summed E-state index contributed by atoms with van der Waals surface area (Å²) in [5.41, 5.74) is 5.61. The van der Waals surface area contributed by atoms with Crippen LogP contribution < -0.4 is 5.73 Å². The van der Waals surface area contributed by atoms with E-state index >= 15 is 0 Å². The molecule has 0 radical (unpaired) electrons. The minimum absolute atomic E-state index is 0.553. The van der Waals surface area contributed by atoms with Gasteiger partial charge in [0.05, 0.1) is 0 Å². The largest absolute Gasteiger partial charge is 0.327 e. The second-order valence-electron chi connectivity index (χ2n) is 3.29. The second kappa shape index (κ2) is 2.06. The molecule has 0 heterocycles. The quantitative estimate of drug-likeness (QED) is 0.575. The molecule has 2 N–H and O–H groups in total. The van der Waals surface area contributed by atoms with Crippen molar-refractivity contribution in [3.63, 3.8) is 0 Å². The summed E-state index contributed by atoms with van der Waals surface area (Å²) in [4.78, 5) is 0. The third-order valence-corrected chi connectivity index (χ3v) is 1.75. The lowest BCUT2D eigenvalue weighted by atomic mass is 10.1. The van der Waals surface area contributed by atoms with Crippen molar-refractivity contribution in [2.75, 3.05) is 0 Å². The van der Waals surface area contributed by atoms with Gasteiger partial charge in [0.25, 0.3) is 0 Å². The van der Waals surface area contributed by atoms with Crippen LogP contribution in [0.5, 0.6) is 0 Å². The van der Waals surface area contributed by atoms with Gasteiger partial charge in [-0.1, -0.05) is 13.8 Å². The zero-order valence-electron chi connectivity index (χ0n) is 5.72. The summed E-state index contributed by atoms with van der Waals surface area (Å²) in [5, 5.41) is 0. The topological polar surface area (TPSA) is 26.0 Å². The zero-order valence-corrected chi connectivity index (χ0v) is 5.72. The summed E-state index contributed by atoms with van der Waals surface area (Å²) in [5.74, 6) is 1.71. The molecule has 48 valence electrons. The molecule has 0 aromatic rings. The average molecular weight is 113 g/mol. The Hall–Kier alpha value is -0.0400. The third-order valence-electron chi connectivity index (χ3n) is 1.75. The molecule has 1 aliphatic rings. The molecule has 1 saturated carbocycles. The zero-order chi connectivity index (χ0) is 6.15. The second-order valence-corrected chi connectivity index (χ2v) is 3.29. The predicted octanol–water partition coefficient (Wildman–Crippen LogP) is 1.38. The Morgan fingerprint density at radius 3 is 2.25 bits per heavy atom. The van der Waals surface area contributed by atoms with E-state index in [0.717, 1.165) is 11.8 Å². The molecule has 0 aromatic carbocycles. The van der Waals surface area contributed by atoms with Gasteiger partial charge < -0.3 is 5.73 Å². The van der Waals surface area contributed by atoms with Crippen LogP contribution in [0.25, 0.3) is 0 Å². The van der Waals surface area contributed by atoms with E-state index in [0.29, 0.717) is 6.04 Å². The highest BCUT2D eigenvalue weighted by Crippen LogP contribution is 2.33. The van der Waals surface area contributed by atoms with Crippen molar-refractivity contribution in [3.05, 3.63) is 0 Å². The first-order valence-corrected chi connectivity index (χ1v) is 3.45. The highest BCUT2D eigenvalue weighted by atomic mass is 14.7. The number of rotatable bonds is 2. The van der Waals surface area contributed by atoms with Crippen molar-refractivity contribution in [2.24, 2.45) is 17.6 Å². The molecular weight excluding hydrogens is 98.1 g/mol. The molecule has 0 aromatic heterocycles. The van der Waals surface area contributed by atoms with Crippen molar-refractivity contribution in [1.82, 2.24) is 0 Å². The van der Waals surface area contributed by atoms with Crippen LogP contribution in [0.4, 0.5) is 0 Å². The first-order valence-electron chi connectivity index (χ1n) is 3.45. The van der Waals surface area contributed by atoms with E-state index in [1.54, 1.807) is 0 Å². The van der Waals surface area contributed by atoms with Crippen LogP contribution in [0.2, 0.25) is 0 Å². The Morgan fingerprint density at radius 1 is 1.62 bits per heavy atom. The van der Waals surface area contributed by atoms with Crippen LogP contribution in [-0.4, -0.2) is 6.04 Å². The normalized spacial score (nSPS) is 36.0. The minimum Gasteiger partial charge on any atom is -0.327 e. The standard InChI is InChI=1S/C7H15N/c1-5(2)3-6-4-7(6)8/h5-7H,3-4,8H2,1-2H3. The van der Waals surface area contributed by atoms with Gasteiger partial charge in [-0.2, -0.15) is 0 Å². The summed E-state index contributed by atoms with van der Waals surface area (Å²) in [6.07, 6.45) is 2.61. The van der Waals surface area contributed by atoms with E-state index in [2.05, 4.69) is 13.8 Å². The summed E-state index contributed by atoms with van der Waals surface area (Å²) in [7, 11) is 0. The molecule has 0 bridgehead atoms. The Balaban J connectivity index is 2.05. The van der Waals surface area contributed by atoms with Gasteiger partial charge in [-0.15, -0.1) is 0 Å². The molecule has 0 spiro atoms. The van der Waals surface area contributed by atoms with Gasteiger partial charge in [-0.25, -0.2) is 0 Å².